The molecular weight excluding hydrogens is 316 g/mol. The van der Waals surface area contributed by atoms with Crippen molar-refractivity contribution in [2.45, 2.75) is 24.7 Å². The first-order valence-corrected chi connectivity index (χ1v) is 8.39. The summed E-state index contributed by atoms with van der Waals surface area (Å²) in [4.78, 5) is 14.8. The molecule has 0 aliphatic rings. The summed E-state index contributed by atoms with van der Waals surface area (Å²) in [5.41, 5.74) is 0.955. The maximum absolute atomic E-state index is 12.0. The van der Waals surface area contributed by atoms with Crippen molar-refractivity contribution in [3.63, 3.8) is 0 Å². The fourth-order valence-corrected chi connectivity index (χ4v) is 3.65. The molecule has 2 rings (SSSR count). The zero-order chi connectivity index (χ0) is 15.5. The number of H-pyrrole nitrogens is 1. The van der Waals surface area contributed by atoms with E-state index in [0.717, 1.165) is 0 Å². The number of carboxylic acid groups (broad SMARTS) is 1. The van der Waals surface area contributed by atoms with Crippen LogP contribution in [0.25, 0.3) is 0 Å². The largest absolute Gasteiger partial charge is 0.481 e. The Balaban J connectivity index is 1.91. The van der Waals surface area contributed by atoms with Gasteiger partial charge in [-0.05, 0) is 6.92 Å². The van der Waals surface area contributed by atoms with E-state index in [1.54, 1.807) is 12.3 Å². The van der Waals surface area contributed by atoms with Gasteiger partial charge in [0.15, 0.2) is 0 Å². The Labute approximate surface area is 125 Å². The summed E-state index contributed by atoms with van der Waals surface area (Å²) < 4.78 is 26.4. The second-order valence-corrected chi connectivity index (χ2v) is 6.99. The number of carboxylic acids is 1. The highest BCUT2D eigenvalue weighted by Gasteiger charge is 2.18. The molecule has 0 radical (unpaired) electrons. The second kappa shape index (κ2) is 6.33. The lowest BCUT2D eigenvalue weighted by atomic mass is 10.3. The number of aromatic amines is 1. The molecule has 8 nitrogen and oxygen atoms in total. The third-order valence-electron chi connectivity index (χ3n) is 2.64. The van der Waals surface area contributed by atoms with E-state index in [1.807, 2.05) is 0 Å². The number of hydrogen-bond acceptors (Lipinski definition) is 6. The Morgan fingerprint density at radius 1 is 1.52 bits per heavy atom. The van der Waals surface area contributed by atoms with Crippen molar-refractivity contribution in [2.75, 3.05) is 6.54 Å². The van der Waals surface area contributed by atoms with Crippen LogP contribution >= 0.6 is 11.3 Å². The third-order valence-corrected chi connectivity index (χ3v) is 5.17. The zero-order valence-corrected chi connectivity index (χ0v) is 12.8. The zero-order valence-electron chi connectivity index (χ0n) is 11.2. The summed E-state index contributed by atoms with van der Waals surface area (Å²) in [5, 5.41) is 17.3. The Hall–Kier alpha value is -1.78. The summed E-state index contributed by atoms with van der Waals surface area (Å²) in [7, 11) is -3.59. The topological polar surface area (TPSA) is 125 Å². The molecule has 0 aromatic carbocycles. The number of thiazole rings is 1. The van der Waals surface area contributed by atoms with Gasteiger partial charge in [-0.1, -0.05) is 0 Å². The molecule has 0 aliphatic heterocycles. The van der Waals surface area contributed by atoms with Crippen LogP contribution in [0.15, 0.2) is 16.5 Å². The Bertz CT molecular complexity index is 735. The monoisotopic (exact) mass is 330 g/mol. The Morgan fingerprint density at radius 2 is 2.29 bits per heavy atom. The number of aliphatic carboxylic acids is 1. The van der Waals surface area contributed by atoms with Crippen LogP contribution in [0, 0.1) is 6.92 Å². The standard InChI is InChI=1S/C11H14N4O4S2/c1-7-9(5-12-15-7)21(18,19)13-3-2-10-14-8(6-20-10)4-11(16)17/h5-6,13H,2-4H2,1H3,(H,12,15)(H,16,17). The number of nitrogens with one attached hydrogen (secondary N) is 2. The predicted octanol–water partition coefficient (Wildman–Crippen LogP) is 0.323. The number of rotatable bonds is 7. The average molecular weight is 330 g/mol. The van der Waals surface area contributed by atoms with Crippen LogP contribution in [0.4, 0.5) is 0 Å². The van der Waals surface area contributed by atoms with E-state index < -0.39 is 16.0 Å². The molecule has 0 atom stereocenters. The first kappa shape index (κ1) is 15.6. The first-order valence-electron chi connectivity index (χ1n) is 6.03. The molecule has 2 aromatic rings. The van der Waals surface area contributed by atoms with E-state index in [1.165, 1.54) is 17.5 Å². The van der Waals surface area contributed by atoms with Crippen LogP contribution in [-0.2, 0) is 27.7 Å². The third kappa shape index (κ3) is 4.09. The van der Waals surface area contributed by atoms with E-state index in [9.17, 15) is 13.2 Å². The molecule has 0 amide bonds. The Kier molecular flexibility index (Phi) is 4.70. The van der Waals surface area contributed by atoms with E-state index >= 15 is 0 Å². The highest BCUT2D eigenvalue weighted by atomic mass is 32.2. The maximum atomic E-state index is 12.0. The van der Waals surface area contributed by atoms with Crippen LogP contribution < -0.4 is 4.72 Å². The fraction of sp³-hybridized carbons (Fsp3) is 0.364. The van der Waals surface area contributed by atoms with Crippen molar-refractivity contribution >= 4 is 27.3 Å². The molecular formula is C11H14N4O4S2. The van der Waals surface area contributed by atoms with Crippen molar-refractivity contribution in [1.29, 1.82) is 0 Å². The predicted molar refractivity (Wildman–Crippen MR) is 75.7 cm³/mol. The van der Waals surface area contributed by atoms with E-state index in [-0.39, 0.29) is 17.9 Å². The normalized spacial score (nSPS) is 11.7. The smallest absolute Gasteiger partial charge is 0.309 e. The SMILES string of the molecule is Cc1[nH]ncc1S(=O)(=O)NCCc1nc(CC(=O)O)cs1. The summed E-state index contributed by atoms with van der Waals surface area (Å²) in [6.07, 6.45) is 1.53. The van der Waals surface area contributed by atoms with Crippen molar-refractivity contribution in [3.8, 4) is 0 Å². The lowest BCUT2D eigenvalue weighted by Crippen LogP contribution is -2.26. The summed E-state index contributed by atoms with van der Waals surface area (Å²) >= 11 is 1.31. The maximum Gasteiger partial charge on any atom is 0.309 e. The molecule has 0 unspecified atom stereocenters. The lowest BCUT2D eigenvalue weighted by Gasteiger charge is -2.04. The minimum Gasteiger partial charge on any atom is -0.481 e. The second-order valence-electron chi connectivity index (χ2n) is 4.31. The van der Waals surface area contributed by atoms with Crippen LogP contribution in [0.1, 0.15) is 16.4 Å². The quantitative estimate of drug-likeness (QED) is 0.671. The number of aryl methyl sites for hydroxylation is 1. The number of nitrogens with zero attached hydrogens (tertiary/aromatic N) is 2. The molecule has 0 bridgehead atoms. The number of aromatic nitrogens is 3. The van der Waals surface area contributed by atoms with Gasteiger partial charge in [0, 0.05) is 18.3 Å². The van der Waals surface area contributed by atoms with Crippen molar-refractivity contribution in [3.05, 3.63) is 28.0 Å². The van der Waals surface area contributed by atoms with Gasteiger partial charge in [-0.15, -0.1) is 11.3 Å². The molecule has 2 aromatic heterocycles. The van der Waals surface area contributed by atoms with Crippen molar-refractivity contribution in [1.82, 2.24) is 19.9 Å². The molecule has 10 heteroatoms. The van der Waals surface area contributed by atoms with Crippen molar-refractivity contribution in [2.24, 2.45) is 0 Å². The molecule has 0 spiro atoms. The van der Waals surface area contributed by atoms with Gasteiger partial charge in [0.25, 0.3) is 0 Å². The van der Waals surface area contributed by atoms with Crippen molar-refractivity contribution < 1.29 is 18.3 Å². The molecule has 3 N–H and O–H groups in total. The van der Waals surface area contributed by atoms with E-state index in [0.29, 0.717) is 22.8 Å². The number of hydrogen-bond donors (Lipinski definition) is 3. The molecule has 0 fully saturated rings. The van der Waals surface area contributed by atoms with Gasteiger partial charge in [-0.2, -0.15) is 5.10 Å². The van der Waals surface area contributed by atoms with Gasteiger partial charge < -0.3 is 5.11 Å². The van der Waals surface area contributed by atoms with Gasteiger partial charge >= 0.3 is 5.97 Å². The van der Waals surface area contributed by atoms with Crippen LogP contribution in [-0.4, -0.2) is 41.2 Å². The lowest BCUT2D eigenvalue weighted by molar-refractivity contribution is -0.136. The number of sulfonamides is 1. The highest BCUT2D eigenvalue weighted by Crippen LogP contribution is 2.13. The fourth-order valence-electron chi connectivity index (χ4n) is 1.68. The molecule has 0 saturated heterocycles. The first-order chi connectivity index (χ1) is 9.88. The number of carbonyl (C=O) groups is 1. The van der Waals surface area contributed by atoms with Crippen LogP contribution in [0.5, 0.6) is 0 Å². The highest BCUT2D eigenvalue weighted by molar-refractivity contribution is 7.89. The molecule has 21 heavy (non-hydrogen) atoms. The van der Waals surface area contributed by atoms with Crippen LogP contribution in [0.3, 0.4) is 0 Å². The van der Waals surface area contributed by atoms with Gasteiger partial charge in [0.05, 0.1) is 29.0 Å². The molecule has 0 aliphatic carbocycles. The Morgan fingerprint density at radius 3 is 2.90 bits per heavy atom. The van der Waals surface area contributed by atoms with E-state index in [4.69, 9.17) is 5.11 Å². The van der Waals surface area contributed by atoms with Crippen LogP contribution in [0.2, 0.25) is 0 Å². The average Bonchev–Trinajstić information content (AvgIpc) is 2.98. The van der Waals surface area contributed by atoms with Gasteiger partial charge in [-0.25, -0.2) is 18.1 Å². The minimum atomic E-state index is -3.59. The van der Waals surface area contributed by atoms with E-state index in [2.05, 4.69) is 19.9 Å². The summed E-state index contributed by atoms with van der Waals surface area (Å²) in [6.45, 7) is 1.81. The minimum absolute atomic E-state index is 0.119. The van der Waals surface area contributed by atoms with Gasteiger partial charge in [0.2, 0.25) is 10.0 Å². The molecule has 0 saturated carbocycles. The molecule has 2 heterocycles. The summed E-state index contributed by atoms with van der Waals surface area (Å²) in [6, 6.07) is 0. The molecule has 114 valence electrons. The van der Waals surface area contributed by atoms with Gasteiger partial charge in [-0.3, -0.25) is 9.89 Å². The van der Waals surface area contributed by atoms with Gasteiger partial charge in [0.1, 0.15) is 4.90 Å². The summed E-state index contributed by atoms with van der Waals surface area (Å²) in [5.74, 6) is -0.942.